The molecule has 0 unspecified atom stereocenters. The number of hydrogen-bond acceptors (Lipinski definition) is 10. The molecule has 12 heteroatoms. The summed E-state index contributed by atoms with van der Waals surface area (Å²) in [6.45, 7) is 0. The van der Waals surface area contributed by atoms with Gasteiger partial charge in [-0.2, -0.15) is 21.0 Å². The lowest BCUT2D eigenvalue weighted by atomic mass is 9.95. The summed E-state index contributed by atoms with van der Waals surface area (Å²) in [6, 6.07) is 110. The summed E-state index contributed by atoms with van der Waals surface area (Å²) in [5, 5.41) is 44.0. The summed E-state index contributed by atoms with van der Waals surface area (Å²) in [6.07, 6.45) is 0. The van der Waals surface area contributed by atoms with Crippen molar-refractivity contribution >= 4 is 43.6 Å². The maximum absolute atomic E-state index is 9.99. The van der Waals surface area contributed by atoms with Gasteiger partial charge in [-0.05, 0) is 148 Å². The van der Waals surface area contributed by atoms with Crippen molar-refractivity contribution < 1.29 is 0 Å². The number of nitrogens with zero attached hydrogens (tertiary/aromatic N) is 12. The van der Waals surface area contributed by atoms with Crippen LogP contribution < -0.4 is 0 Å². The Morgan fingerprint density at radius 3 is 0.830 bits per heavy atom. The molecule has 0 bridgehead atoms. The van der Waals surface area contributed by atoms with E-state index in [1.807, 2.05) is 182 Å². The Bertz CT molecular complexity index is 5770. The summed E-state index contributed by atoms with van der Waals surface area (Å²) in [7, 11) is 0. The van der Waals surface area contributed by atoms with Crippen molar-refractivity contribution in [3.8, 4) is 148 Å². The zero-order valence-electron chi connectivity index (χ0n) is 53.2. The molecule has 462 valence electrons. The maximum atomic E-state index is 9.99. The Morgan fingerprint density at radius 2 is 0.480 bits per heavy atom. The second kappa shape index (κ2) is 25.0. The first kappa shape index (κ1) is 59.2. The summed E-state index contributed by atoms with van der Waals surface area (Å²) in [5.41, 5.74) is 19.0. The second-order valence-corrected chi connectivity index (χ2v) is 24.3. The number of aromatic nitrogens is 8. The fraction of sp³-hybridized carbons (Fsp3) is 0. The summed E-state index contributed by atoms with van der Waals surface area (Å²) in [5.74, 6) is 3.06. The molecule has 4 aromatic heterocycles. The van der Waals surface area contributed by atoms with Gasteiger partial charge < -0.3 is 9.13 Å². The molecule has 100 heavy (non-hydrogen) atoms. The largest absolute Gasteiger partial charge is 0.309 e. The van der Waals surface area contributed by atoms with E-state index in [0.29, 0.717) is 57.2 Å². The molecule has 0 fully saturated rings. The second-order valence-electron chi connectivity index (χ2n) is 24.3. The lowest BCUT2D eigenvalue weighted by molar-refractivity contribution is 1.06. The van der Waals surface area contributed by atoms with E-state index in [9.17, 15) is 21.0 Å². The highest BCUT2D eigenvalue weighted by molar-refractivity contribution is 6.12. The molecule has 12 nitrogen and oxygen atoms in total. The molecule has 0 spiro atoms. The fourth-order valence-corrected chi connectivity index (χ4v) is 13.6. The molecule has 4 heterocycles. The van der Waals surface area contributed by atoms with Crippen LogP contribution in [0.4, 0.5) is 0 Å². The third-order valence-corrected chi connectivity index (χ3v) is 18.3. The van der Waals surface area contributed by atoms with Crippen LogP contribution in [0.3, 0.4) is 0 Å². The van der Waals surface area contributed by atoms with Crippen molar-refractivity contribution in [2.45, 2.75) is 0 Å². The number of para-hydroxylation sites is 2. The van der Waals surface area contributed by atoms with Gasteiger partial charge in [0.1, 0.15) is 0 Å². The molecule has 0 atom stereocenters. The van der Waals surface area contributed by atoms with E-state index in [0.717, 1.165) is 133 Å². The van der Waals surface area contributed by atoms with E-state index in [1.165, 1.54) is 0 Å². The van der Waals surface area contributed by atoms with Gasteiger partial charge in [-0.15, -0.1) is 0 Å². The van der Waals surface area contributed by atoms with E-state index in [2.05, 4.69) is 143 Å². The highest BCUT2D eigenvalue weighted by atomic mass is 15.1. The number of benzene rings is 13. The Labute approximate surface area is 574 Å². The predicted molar refractivity (Wildman–Crippen MR) is 395 cm³/mol. The van der Waals surface area contributed by atoms with E-state index >= 15 is 0 Å². The third-order valence-electron chi connectivity index (χ3n) is 18.3. The van der Waals surface area contributed by atoms with E-state index in [4.69, 9.17) is 29.9 Å². The first-order valence-electron chi connectivity index (χ1n) is 32.5. The van der Waals surface area contributed by atoms with Crippen LogP contribution in [0.2, 0.25) is 0 Å². The van der Waals surface area contributed by atoms with Gasteiger partial charge in [0.25, 0.3) is 0 Å². The van der Waals surface area contributed by atoms with Crippen LogP contribution in [0.5, 0.6) is 0 Å². The van der Waals surface area contributed by atoms with Gasteiger partial charge in [0, 0.05) is 54.9 Å². The van der Waals surface area contributed by atoms with Crippen molar-refractivity contribution in [3.63, 3.8) is 0 Å². The molecule has 13 aromatic carbocycles. The lowest BCUT2D eigenvalue weighted by Crippen LogP contribution is -2.04. The molecule has 0 saturated heterocycles. The van der Waals surface area contributed by atoms with Crippen LogP contribution in [0.25, 0.3) is 168 Å². The minimum Gasteiger partial charge on any atom is -0.309 e. The molecule has 0 radical (unpaired) electrons. The first-order valence-corrected chi connectivity index (χ1v) is 32.5. The Hall–Kier alpha value is -14.6. The Kier molecular flexibility index (Phi) is 14.8. The number of hydrogen-bond donors (Lipinski definition) is 0. The first-order chi connectivity index (χ1) is 49.3. The normalized spacial score (nSPS) is 11.2. The predicted octanol–water partition coefficient (Wildman–Crippen LogP) is 20.4. The minimum absolute atomic E-state index is 0.414. The molecule has 0 saturated carbocycles. The minimum atomic E-state index is 0.414. The smallest absolute Gasteiger partial charge is 0.166 e. The van der Waals surface area contributed by atoms with Crippen LogP contribution >= 0.6 is 0 Å². The number of fused-ring (bicyclic) bond motifs is 6. The van der Waals surface area contributed by atoms with Crippen LogP contribution in [0, 0.1) is 45.3 Å². The van der Waals surface area contributed by atoms with E-state index in [1.54, 1.807) is 12.1 Å². The zero-order chi connectivity index (χ0) is 67.2. The zero-order valence-corrected chi connectivity index (χ0v) is 53.2. The van der Waals surface area contributed by atoms with Crippen molar-refractivity contribution in [3.05, 3.63) is 326 Å². The standard InChI is InChI=1S/C88H50N12/c89-51-55-40-56(52-90)43-69(42-55)67-34-36-79-73(47-67)71-28-13-15-30-77(71)99(79)81-38-32-65(49-75(81)87-95-83(59-18-5-1-6-19-59)93-84(96-87)60-20-7-2-8-21-60)63-26-17-27-64(46-63)66-33-39-82(76(50-66)88-97-85(61-22-9-3-10-23-61)94-86(98-88)62-24-11-4-12-25-62)100-78-31-16-14-29-72(78)74-48-68(35-37-80(74)100)70-44-57(53-91)41-58(45-70)54-92/h1-50H. The van der Waals surface area contributed by atoms with Crippen LogP contribution in [0.1, 0.15) is 22.3 Å². The van der Waals surface area contributed by atoms with Crippen LogP contribution in [-0.2, 0) is 0 Å². The molecule has 17 rings (SSSR count). The van der Waals surface area contributed by atoms with Crippen molar-refractivity contribution in [1.82, 2.24) is 39.0 Å². The molecule has 0 amide bonds. The molecule has 0 aliphatic heterocycles. The summed E-state index contributed by atoms with van der Waals surface area (Å²) < 4.78 is 4.55. The van der Waals surface area contributed by atoms with Gasteiger partial charge >= 0.3 is 0 Å². The van der Waals surface area contributed by atoms with Gasteiger partial charge in [0.05, 0.1) is 80.0 Å². The van der Waals surface area contributed by atoms with Gasteiger partial charge in [-0.3, -0.25) is 0 Å². The highest BCUT2D eigenvalue weighted by Gasteiger charge is 2.25. The quantitative estimate of drug-likeness (QED) is 0.114. The van der Waals surface area contributed by atoms with Gasteiger partial charge in [-0.25, -0.2) is 29.9 Å². The van der Waals surface area contributed by atoms with Crippen LogP contribution in [-0.4, -0.2) is 39.0 Å². The molecule has 0 aliphatic rings. The molecular weight excluding hydrogens is 1230 g/mol. The lowest BCUT2D eigenvalue weighted by Gasteiger charge is -2.17. The Balaban J connectivity index is 0.869. The third kappa shape index (κ3) is 10.8. The summed E-state index contributed by atoms with van der Waals surface area (Å²) in [4.78, 5) is 31.8. The molecular formula is C88H50N12. The van der Waals surface area contributed by atoms with E-state index in [-0.39, 0.29) is 0 Å². The highest BCUT2D eigenvalue weighted by Crippen LogP contribution is 2.44. The molecule has 0 aliphatic carbocycles. The number of nitriles is 4. The fourth-order valence-electron chi connectivity index (χ4n) is 13.6. The SMILES string of the molecule is N#Cc1cc(C#N)cc(-c2ccc3c(c2)c2ccccc2n3-c2ccc(-c3cccc(-c4ccc(-n5c6ccccc6c6cc(-c7cc(C#N)cc(C#N)c7)ccc65)c(-c5nc(-c6ccccc6)nc(-c6ccccc6)n5)c4)c3)cc2-c2nc(-c3ccccc3)nc(-c3ccccc3)n2)c1. The molecule has 0 N–H and O–H groups in total. The number of rotatable bonds is 12. The monoisotopic (exact) mass is 1270 g/mol. The summed E-state index contributed by atoms with van der Waals surface area (Å²) >= 11 is 0. The Morgan fingerprint density at radius 1 is 0.200 bits per heavy atom. The van der Waals surface area contributed by atoms with E-state index < -0.39 is 0 Å². The maximum Gasteiger partial charge on any atom is 0.166 e. The van der Waals surface area contributed by atoms with Crippen molar-refractivity contribution in [2.75, 3.05) is 0 Å². The van der Waals surface area contributed by atoms with Crippen LogP contribution in [0.15, 0.2) is 303 Å². The van der Waals surface area contributed by atoms with Crippen molar-refractivity contribution in [1.29, 1.82) is 21.0 Å². The van der Waals surface area contributed by atoms with Gasteiger partial charge in [0.2, 0.25) is 0 Å². The van der Waals surface area contributed by atoms with Gasteiger partial charge in [0.15, 0.2) is 34.9 Å². The van der Waals surface area contributed by atoms with Gasteiger partial charge in [-0.1, -0.05) is 200 Å². The topological polar surface area (TPSA) is 182 Å². The average molecular weight is 1280 g/mol. The van der Waals surface area contributed by atoms with Crippen molar-refractivity contribution in [2.24, 2.45) is 0 Å². The molecule has 17 aromatic rings. The average Bonchev–Trinajstić information content (AvgIpc) is 1.59.